The van der Waals surface area contributed by atoms with Gasteiger partial charge in [0.25, 0.3) is 0 Å². The molecule has 0 rings (SSSR count). The Morgan fingerprint density at radius 1 is 1.50 bits per heavy atom. The Bertz CT molecular complexity index is 48.5. The maximum atomic E-state index is 5.23. The van der Waals surface area contributed by atoms with Crippen LogP contribution in [0.1, 0.15) is 27.2 Å². The third-order valence-corrected chi connectivity index (χ3v) is 1.46. The summed E-state index contributed by atoms with van der Waals surface area (Å²) in [5.41, 5.74) is 2.75. The standard InChI is InChI=1S/C6H16N2/c1-4-6(8-7)5(2)3/h5-6,8H,4,7H2,1-3H3/t6-/m1/s1. The van der Waals surface area contributed by atoms with Crippen molar-refractivity contribution < 1.29 is 0 Å². The Hall–Kier alpha value is -0.0800. The molecule has 0 saturated heterocycles. The van der Waals surface area contributed by atoms with E-state index >= 15 is 0 Å². The van der Waals surface area contributed by atoms with Gasteiger partial charge < -0.3 is 0 Å². The molecule has 0 aliphatic heterocycles. The number of rotatable bonds is 3. The van der Waals surface area contributed by atoms with Gasteiger partial charge in [-0.15, -0.1) is 0 Å². The molecule has 0 bridgehead atoms. The van der Waals surface area contributed by atoms with Crippen LogP contribution in [-0.4, -0.2) is 6.04 Å². The number of hydrogen-bond acceptors (Lipinski definition) is 2. The molecule has 0 amide bonds. The molecule has 0 heterocycles. The highest BCUT2D eigenvalue weighted by Crippen LogP contribution is 2.02. The van der Waals surface area contributed by atoms with E-state index in [9.17, 15) is 0 Å². The van der Waals surface area contributed by atoms with E-state index in [2.05, 4.69) is 26.2 Å². The highest BCUT2D eigenvalue weighted by Gasteiger charge is 2.06. The number of hydrogen-bond donors (Lipinski definition) is 2. The summed E-state index contributed by atoms with van der Waals surface area (Å²) in [5.74, 6) is 5.88. The van der Waals surface area contributed by atoms with Crippen molar-refractivity contribution in [3.05, 3.63) is 0 Å². The predicted molar refractivity (Wildman–Crippen MR) is 36.2 cm³/mol. The minimum absolute atomic E-state index is 0.481. The molecule has 0 fully saturated rings. The van der Waals surface area contributed by atoms with Gasteiger partial charge in [-0.05, 0) is 12.3 Å². The third-order valence-electron chi connectivity index (χ3n) is 1.46. The Balaban J connectivity index is 3.35. The molecule has 2 nitrogen and oxygen atoms in total. The van der Waals surface area contributed by atoms with E-state index in [0.29, 0.717) is 12.0 Å². The third kappa shape index (κ3) is 2.28. The van der Waals surface area contributed by atoms with E-state index < -0.39 is 0 Å². The van der Waals surface area contributed by atoms with E-state index in [0.717, 1.165) is 6.42 Å². The fourth-order valence-corrected chi connectivity index (χ4v) is 0.782. The van der Waals surface area contributed by atoms with Crippen LogP contribution in [0.4, 0.5) is 0 Å². The molecule has 0 aromatic carbocycles. The first-order valence-corrected chi connectivity index (χ1v) is 3.18. The lowest BCUT2D eigenvalue weighted by molar-refractivity contribution is 0.396. The van der Waals surface area contributed by atoms with Crippen molar-refractivity contribution in [1.29, 1.82) is 0 Å². The van der Waals surface area contributed by atoms with Crippen molar-refractivity contribution in [1.82, 2.24) is 5.43 Å². The summed E-state index contributed by atoms with van der Waals surface area (Å²) in [6.07, 6.45) is 1.11. The number of nitrogens with two attached hydrogens (primary N) is 1. The first kappa shape index (κ1) is 7.92. The van der Waals surface area contributed by atoms with Gasteiger partial charge in [-0.25, -0.2) is 0 Å². The highest BCUT2D eigenvalue weighted by molar-refractivity contribution is 4.63. The molecule has 0 radical (unpaired) electrons. The number of hydrazine groups is 1. The van der Waals surface area contributed by atoms with Crippen LogP contribution >= 0.6 is 0 Å². The molecule has 8 heavy (non-hydrogen) atoms. The second-order valence-corrected chi connectivity index (χ2v) is 2.43. The summed E-state index contributed by atoms with van der Waals surface area (Å²) < 4.78 is 0. The molecular formula is C6H16N2. The molecule has 3 N–H and O–H groups in total. The fraction of sp³-hybridized carbons (Fsp3) is 1.00. The first-order chi connectivity index (χ1) is 3.72. The van der Waals surface area contributed by atoms with Gasteiger partial charge in [0.15, 0.2) is 0 Å². The summed E-state index contributed by atoms with van der Waals surface area (Å²) in [6.45, 7) is 6.45. The topological polar surface area (TPSA) is 38.0 Å². The zero-order chi connectivity index (χ0) is 6.57. The Kier molecular flexibility index (Phi) is 3.83. The van der Waals surface area contributed by atoms with E-state index in [1.807, 2.05) is 0 Å². The van der Waals surface area contributed by atoms with Gasteiger partial charge in [-0.2, -0.15) is 0 Å². The molecule has 0 aliphatic rings. The van der Waals surface area contributed by atoms with Gasteiger partial charge in [0.2, 0.25) is 0 Å². The molecule has 0 spiro atoms. The Morgan fingerprint density at radius 3 is 2.00 bits per heavy atom. The van der Waals surface area contributed by atoms with Crippen LogP contribution in [0.5, 0.6) is 0 Å². The van der Waals surface area contributed by atoms with Crippen molar-refractivity contribution in [2.75, 3.05) is 0 Å². The summed E-state index contributed by atoms with van der Waals surface area (Å²) in [6, 6.07) is 0.481. The van der Waals surface area contributed by atoms with Crippen LogP contribution in [0.3, 0.4) is 0 Å². The lowest BCUT2D eigenvalue weighted by atomic mass is 10.0. The summed E-state index contributed by atoms with van der Waals surface area (Å²) in [4.78, 5) is 0. The second kappa shape index (κ2) is 3.87. The van der Waals surface area contributed by atoms with Crippen LogP contribution in [-0.2, 0) is 0 Å². The van der Waals surface area contributed by atoms with Crippen LogP contribution in [0.25, 0.3) is 0 Å². The zero-order valence-electron chi connectivity index (χ0n) is 5.94. The summed E-state index contributed by atoms with van der Waals surface area (Å²) in [7, 11) is 0. The normalized spacial score (nSPS) is 14.6. The van der Waals surface area contributed by atoms with Crippen molar-refractivity contribution >= 4 is 0 Å². The summed E-state index contributed by atoms with van der Waals surface area (Å²) in [5, 5.41) is 0. The van der Waals surface area contributed by atoms with Crippen molar-refractivity contribution in [3.8, 4) is 0 Å². The van der Waals surface area contributed by atoms with E-state index in [1.54, 1.807) is 0 Å². The van der Waals surface area contributed by atoms with Crippen molar-refractivity contribution in [2.45, 2.75) is 33.2 Å². The van der Waals surface area contributed by atoms with Crippen LogP contribution in [0, 0.1) is 5.92 Å². The minimum Gasteiger partial charge on any atom is -0.271 e. The van der Waals surface area contributed by atoms with Crippen molar-refractivity contribution in [3.63, 3.8) is 0 Å². The fourth-order valence-electron chi connectivity index (χ4n) is 0.782. The monoisotopic (exact) mass is 116 g/mol. The first-order valence-electron chi connectivity index (χ1n) is 3.18. The average Bonchev–Trinajstić information content (AvgIpc) is 1.69. The lowest BCUT2D eigenvalue weighted by Crippen LogP contribution is -2.38. The lowest BCUT2D eigenvalue weighted by Gasteiger charge is -2.16. The molecule has 0 aromatic heterocycles. The van der Waals surface area contributed by atoms with Gasteiger partial charge in [0.1, 0.15) is 0 Å². The van der Waals surface area contributed by atoms with E-state index in [1.165, 1.54) is 0 Å². The van der Waals surface area contributed by atoms with Gasteiger partial charge in [0, 0.05) is 6.04 Å². The largest absolute Gasteiger partial charge is 0.271 e. The molecule has 0 saturated carbocycles. The maximum absolute atomic E-state index is 5.23. The molecule has 2 heteroatoms. The van der Waals surface area contributed by atoms with Crippen LogP contribution in [0.2, 0.25) is 0 Å². The van der Waals surface area contributed by atoms with E-state index in [4.69, 9.17) is 5.84 Å². The van der Waals surface area contributed by atoms with Gasteiger partial charge in [-0.1, -0.05) is 20.8 Å². The Morgan fingerprint density at radius 2 is 2.00 bits per heavy atom. The van der Waals surface area contributed by atoms with E-state index in [-0.39, 0.29) is 0 Å². The second-order valence-electron chi connectivity index (χ2n) is 2.43. The van der Waals surface area contributed by atoms with Crippen molar-refractivity contribution in [2.24, 2.45) is 11.8 Å². The molecule has 0 aromatic rings. The average molecular weight is 116 g/mol. The predicted octanol–water partition coefficient (Wildman–Crippen LogP) is 0.884. The highest BCUT2D eigenvalue weighted by atomic mass is 15.2. The molecule has 0 unspecified atom stereocenters. The molecule has 1 atom stereocenters. The molecule has 50 valence electrons. The van der Waals surface area contributed by atoms with Gasteiger partial charge >= 0.3 is 0 Å². The zero-order valence-corrected chi connectivity index (χ0v) is 5.94. The smallest absolute Gasteiger partial charge is 0.0230 e. The number of nitrogens with one attached hydrogen (secondary N) is 1. The van der Waals surface area contributed by atoms with Crippen LogP contribution in [0.15, 0.2) is 0 Å². The molecular weight excluding hydrogens is 100 g/mol. The quantitative estimate of drug-likeness (QED) is 0.424. The maximum Gasteiger partial charge on any atom is 0.0230 e. The summed E-state index contributed by atoms with van der Waals surface area (Å²) >= 11 is 0. The van der Waals surface area contributed by atoms with Gasteiger partial charge in [-0.3, -0.25) is 11.3 Å². The van der Waals surface area contributed by atoms with Crippen LogP contribution < -0.4 is 11.3 Å². The molecule has 0 aliphatic carbocycles. The minimum atomic E-state index is 0.481. The SMILES string of the molecule is CC[C@@H](NN)C(C)C. The Labute approximate surface area is 51.4 Å². The van der Waals surface area contributed by atoms with Gasteiger partial charge in [0.05, 0.1) is 0 Å².